The normalized spacial score (nSPS) is 11.8. The number of halogens is 2. The van der Waals surface area contributed by atoms with Crippen LogP contribution < -0.4 is 5.43 Å². The summed E-state index contributed by atoms with van der Waals surface area (Å²) in [6, 6.07) is 15.9. The molecule has 0 aliphatic rings. The Balaban J connectivity index is 1.86. The van der Waals surface area contributed by atoms with Gasteiger partial charge in [0, 0.05) is 11.6 Å². The van der Waals surface area contributed by atoms with Crippen molar-refractivity contribution in [1.82, 2.24) is 9.73 Å². The Morgan fingerprint density at radius 3 is 2.21 bits per heavy atom. The summed E-state index contributed by atoms with van der Waals surface area (Å²) in [5, 5.41) is 4.38. The summed E-state index contributed by atoms with van der Waals surface area (Å²) in [4.78, 5) is 12.8. The predicted molar refractivity (Wildman–Crippen MR) is 132 cm³/mol. The molecule has 0 aromatic heterocycles. The third kappa shape index (κ3) is 6.50. The standard InChI is InChI=1S/C25H25ClFN3O3S/c1-17-12-18(2)25(19(3)13-17)34(32,33)30(15-21-4-8-22(26)9-5-21)16-24(31)29-28-14-20-6-10-23(27)11-7-20/h4-14H,15-16H2,1-3H3,(H,29,31)/b28-14+. The number of nitrogens with zero attached hydrogens (tertiary/aromatic N) is 2. The maximum atomic E-state index is 13.7. The van der Waals surface area contributed by atoms with Crippen molar-refractivity contribution in [2.24, 2.45) is 5.10 Å². The van der Waals surface area contributed by atoms with Crippen LogP contribution in [0.15, 0.2) is 70.7 Å². The number of carbonyl (C=O) groups excluding carboxylic acids is 1. The molecule has 1 N–H and O–H groups in total. The average molecular weight is 502 g/mol. The molecule has 0 saturated carbocycles. The second kappa shape index (κ2) is 10.9. The summed E-state index contributed by atoms with van der Waals surface area (Å²) < 4.78 is 41.5. The summed E-state index contributed by atoms with van der Waals surface area (Å²) in [7, 11) is -4.02. The Morgan fingerprint density at radius 1 is 1.03 bits per heavy atom. The lowest BCUT2D eigenvalue weighted by Gasteiger charge is -2.24. The number of nitrogens with one attached hydrogen (secondary N) is 1. The molecule has 1 amide bonds. The van der Waals surface area contributed by atoms with Gasteiger partial charge in [0.2, 0.25) is 10.0 Å². The minimum atomic E-state index is -4.02. The van der Waals surface area contributed by atoms with Crippen molar-refractivity contribution in [3.63, 3.8) is 0 Å². The fourth-order valence-corrected chi connectivity index (χ4v) is 5.57. The number of amides is 1. The number of hydrazone groups is 1. The first-order valence-electron chi connectivity index (χ1n) is 10.5. The first-order chi connectivity index (χ1) is 16.1. The zero-order valence-electron chi connectivity index (χ0n) is 19.0. The summed E-state index contributed by atoms with van der Waals surface area (Å²) in [6.45, 7) is 4.90. The minimum Gasteiger partial charge on any atom is -0.272 e. The van der Waals surface area contributed by atoms with Gasteiger partial charge in [0.15, 0.2) is 0 Å². The molecule has 0 heterocycles. The van der Waals surface area contributed by atoms with Crippen LogP contribution in [0.5, 0.6) is 0 Å². The number of rotatable bonds is 8. The van der Waals surface area contributed by atoms with Crippen LogP contribution in [0, 0.1) is 26.6 Å². The molecule has 9 heteroatoms. The Kier molecular flexibility index (Phi) is 8.19. The number of hydrogen-bond donors (Lipinski definition) is 1. The van der Waals surface area contributed by atoms with Crippen LogP contribution in [0.3, 0.4) is 0 Å². The molecular weight excluding hydrogens is 477 g/mol. The van der Waals surface area contributed by atoms with E-state index in [0.717, 1.165) is 9.87 Å². The van der Waals surface area contributed by atoms with E-state index in [4.69, 9.17) is 11.6 Å². The van der Waals surface area contributed by atoms with Crippen LogP contribution in [0.2, 0.25) is 5.02 Å². The van der Waals surface area contributed by atoms with Crippen molar-refractivity contribution >= 4 is 33.7 Å². The summed E-state index contributed by atoms with van der Waals surface area (Å²) in [6.07, 6.45) is 1.35. The lowest BCUT2D eigenvalue weighted by atomic mass is 10.1. The van der Waals surface area contributed by atoms with Crippen LogP contribution in [0.1, 0.15) is 27.8 Å². The molecule has 0 spiro atoms. The van der Waals surface area contributed by atoms with Crippen LogP contribution in [-0.2, 0) is 21.4 Å². The van der Waals surface area contributed by atoms with Crippen LogP contribution in [0.25, 0.3) is 0 Å². The van der Waals surface area contributed by atoms with Gasteiger partial charge in [-0.1, -0.05) is 53.6 Å². The highest BCUT2D eigenvalue weighted by molar-refractivity contribution is 7.89. The first kappa shape index (κ1) is 25.6. The average Bonchev–Trinajstić information content (AvgIpc) is 2.75. The smallest absolute Gasteiger partial charge is 0.255 e. The molecule has 6 nitrogen and oxygen atoms in total. The number of carbonyl (C=O) groups is 1. The minimum absolute atomic E-state index is 0.0264. The van der Waals surface area contributed by atoms with Gasteiger partial charge in [-0.3, -0.25) is 4.79 Å². The van der Waals surface area contributed by atoms with Gasteiger partial charge in [-0.25, -0.2) is 18.2 Å². The molecule has 34 heavy (non-hydrogen) atoms. The molecule has 0 aliphatic heterocycles. The van der Waals surface area contributed by atoms with Gasteiger partial charge in [0.25, 0.3) is 5.91 Å². The Bertz CT molecular complexity index is 1290. The Morgan fingerprint density at radius 2 is 1.62 bits per heavy atom. The second-order valence-electron chi connectivity index (χ2n) is 7.97. The van der Waals surface area contributed by atoms with E-state index in [0.29, 0.717) is 27.3 Å². The third-order valence-corrected chi connectivity index (χ3v) is 7.42. The van der Waals surface area contributed by atoms with E-state index >= 15 is 0 Å². The van der Waals surface area contributed by atoms with E-state index in [1.807, 2.05) is 6.92 Å². The second-order valence-corrected chi connectivity index (χ2v) is 10.3. The molecular formula is C25H25ClFN3O3S. The molecule has 0 aliphatic carbocycles. The highest BCUT2D eigenvalue weighted by Crippen LogP contribution is 2.26. The predicted octanol–water partition coefficient (Wildman–Crippen LogP) is 4.75. The Labute approximate surface area is 204 Å². The van der Waals surface area contributed by atoms with Crippen LogP contribution in [0.4, 0.5) is 4.39 Å². The Hall–Kier alpha value is -3.07. The molecule has 3 rings (SSSR count). The monoisotopic (exact) mass is 501 g/mol. The topological polar surface area (TPSA) is 78.8 Å². The third-order valence-electron chi connectivity index (χ3n) is 5.07. The molecule has 0 fully saturated rings. The van der Waals surface area contributed by atoms with Crippen LogP contribution >= 0.6 is 11.6 Å². The van der Waals surface area contributed by atoms with Gasteiger partial charge in [-0.2, -0.15) is 9.41 Å². The van der Waals surface area contributed by atoms with Crippen molar-refractivity contribution in [3.8, 4) is 0 Å². The summed E-state index contributed by atoms with van der Waals surface area (Å²) in [5.74, 6) is -0.996. The molecule has 3 aromatic rings. The number of aryl methyl sites for hydroxylation is 3. The van der Waals surface area contributed by atoms with Crippen molar-refractivity contribution in [2.75, 3.05) is 6.54 Å². The largest absolute Gasteiger partial charge is 0.272 e. The maximum Gasteiger partial charge on any atom is 0.255 e. The molecule has 0 atom stereocenters. The van der Waals surface area contributed by atoms with Crippen molar-refractivity contribution in [3.05, 3.63) is 99.3 Å². The zero-order chi connectivity index (χ0) is 24.9. The number of benzene rings is 3. The quantitative estimate of drug-likeness (QED) is 0.357. The van der Waals surface area contributed by atoms with Gasteiger partial charge in [-0.15, -0.1) is 0 Å². The van der Waals surface area contributed by atoms with E-state index in [9.17, 15) is 17.6 Å². The summed E-state index contributed by atoms with van der Waals surface area (Å²) >= 11 is 5.96. The lowest BCUT2D eigenvalue weighted by molar-refractivity contribution is -0.121. The molecule has 0 saturated heterocycles. The maximum absolute atomic E-state index is 13.7. The van der Waals surface area contributed by atoms with Crippen molar-refractivity contribution < 1.29 is 17.6 Å². The number of sulfonamides is 1. The van der Waals surface area contributed by atoms with E-state index in [1.54, 1.807) is 50.2 Å². The highest BCUT2D eigenvalue weighted by atomic mass is 35.5. The first-order valence-corrected chi connectivity index (χ1v) is 12.3. The SMILES string of the molecule is Cc1cc(C)c(S(=O)(=O)N(CC(=O)N/N=C/c2ccc(F)cc2)Cc2ccc(Cl)cc2)c(C)c1. The van der Waals surface area contributed by atoms with E-state index in [1.165, 1.54) is 30.5 Å². The fourth-order valence-electron chi connectivity index (χ4n) is 3.65. The summed E-state index contributed by atoms with van der Waals surface area (Å²) in [5.41, 5.74) is 5.76. The fraction of sp³-hybridized carbons (Fsp3) is 0.200. The van der Waals surface area contributed by atoms with Gasteiger partial charge >= 0.3 is 0 Å². The molecule has 3 aromatic carbocycles. The lowest BCUT2D eigenvalue weighted by Crippen LogP contribution is -2.39. The van der Waals surface area contributed by atoms with Crippen molar-refractivity contribution in [2.45, 2.75) is 32.2 Å². The molecule has 0 radical (unpaired) electrons. The van der Waals surface area contributed by atoms with Gasteiger partial charge < -0.3 is 0 Å². The van der Waals surface area contributed by atoms with Crippen molar-refractivity contribution in [1.29, 1.82) is 0 Å². The zero-order valence-corrected chi connectivity index (χ0v) is 20.6. The highest BCUT2D eigenvalue weighted by Gasteiger charge is 2.30. The van der Waals surface area contributed by atoms with Gasteiger partial charge in [0.1, 0.15) is 5.82 Å². The van der Waals surface area contributed by atoms with Crippen LogP contribution in [-0.4, -0.2) is 31.4 Å². The van der Waals surface area contributed by atoms with E-state index in [-0.39, 0.29) is 17.3 Å². The van der Waals surface area contributed by atoms with Gasteiger partial charge in [-0.05, 0) is 67.3 Å². The van der Waals surface area contributed by atoms with E-state index < -0.39 is 22.5 Å². The van der Waals surface area contributed by atoms with Gasteiger partial charge in [0.05, 0.1) is 17.7 Å². The molecule has 0 unspecified atom stereocenters. The molecule has 178 valence electrons. The number of hydrogen-bond acceptors (Lipinski definition) is 4. The molecule has 0 bridgehead atoms. The van der Waals surface area contributed by atoms with E-state index in [2.05, 4.69) is 10.5 Å².